The first-order valence-corrected chi connectivity index (χ1v) is 5.49. The number of esters is 1. The quantitative estimate of drug-likeness (QED) is 0.802. The van der Waals surface area contributed by atoms with E-state index in [1.54, 1.807) is 13.8 Å². The van der Waals surface area contributed by atoms with Crippen LogP contribution in [0.5, 0.6) is 5.75 Å². The average Bonchev–Trinajstić information content (AvgIpc) is 2.35. The SMILES string of the molecule is COC(=O)CN(C(=O)c1ncccc1O)C(C)C. The molecule has 6 heteroatoms. The maximum Gasteiger partial charge on any atom is 0.325 e. The van der Waals surface area contributed by atoms with Crippen molar-refractivity contribution in [1.82, 2.24) is 9.88 Å². The van der Waals surface area contributed by atoms with Crippen LogP contribution in [-0.4, -0.2) is 46.6 Å². The van der Waals surface area contributed by atoms with Gasteiger partial charge in [0.15, 0.2) is 5.69 Å². The molecule has 1 rings (SSSR count). The van der Waals surface area contributed by atoms with Crippen LogP contribution >= 0.6 is 0 Å². The number of hydrogen-bond acceptors (Lipinski definition) is 5. The zero-order valence-corrected chi connectivity index (χ0v) is 10.6. The van der Waals surface area contributed by atoms with Crippen LogP contribution in [0.2, 0.25) is 0 Å². The summed E-state index contributed by atoms with van der Waals surface area (Å²) in [6.07, 6.45) is 1.41. The van der Waals surface area contributed by atoms with Crippen LogP contribution in [0.1, 0.15) is 24.3 Å². The number of carbonyl (C=O) groups excluding carboxylic acids is 2. The predicted octanol–water partition coefficient (Wildman–Crippen LogP) is 0.811. The molecule has 0 saturated heterocycles. The van der Waals surface area contributed by atoms with Crippen molar-refractivity contribution in [3.05, 3.63) is 24.0 Å². The van der Waals surface area contributed by atoms with E-state index in [9.17, 15) is 14.7 Å². The Bertz CT molecular complexity index is 445. The fraction of sp³-hybridized carbons (Fsp3) is 0.417. The molecule has 6 nitrogen and oxygen atoms in total. The van der Waals surface area contributed by atoms with Crippen molar-refractivity contribution < 1.29 is 19.4 Å². The van der Waals surface area contributed by atoms with Crippen LogP contribution in [0, 0.1) is 0 Å². The summed E-state index contributed by atoms with van der Waals surface area (Å²) in [5.74, 6) is -1.24. The van der Waals surface area contributed by atoms with Gasteiger partial charge in [-0.25, -0.2) is 4.98 Å². The smallest absolute Gasteiger partial charge is 0.325 e. The minimum atomic E-state index is -0.521. The zero-order chi connectivity index (χ0) is 13.7. The molecule has 1 N–H and O–H groups in total. The first kappa shape index (κ1) is 14.0. The molecule has 0 atom stereocenters. The van der Waals surface area contributed by atoms with Gasteiger partial charge in [-0.3, -0.25) is 9.59 Å². The van der Waals surface area contributed by atoms with Crippen LogP contribution in [0.15, 0.2) is 18.3 Å². The van der Waals surface area contributed by atoms with E-state index in [1.165, 1.54) is 30.3 Å². The molecular weight excluding hydrogens is 236 g/mol. The van der Waals surface area contributed by atoms with E-state index in [0.717, 1.165) is 0 Å². The summed E-state index contributed by atoms with van der Waals surface area (Å²) in [6, 6.07) is 2.68. The molecule has 0 fully saturated rings. The van der Waals surface area contributed by atoms with E-state index in [2.05, 4.69) is 9.72 Å². The van der Waals surface area contributed by atoms with E-state index in [-0.39, 0.29) is 24.0 Å². The standard InChI is InChI=1S/C12H16N2O4/c1-8(2)14(7-10(16)18-3)12(17)11-9(15)5-4-6-13-11/h4-6,8,15H,7H2,1-3H3. The molecule has 0 spiro atoms. The van der Waals surface area contributed by atoms with Gasteiger partial charge in [0.1, 0.15) is 12.3 Å². The van der Waals surface area contributed by atoms with Crippen molar-refractivity contribution in [3.8, 4) is 5.75 Å². The highest BCUT2D eigenvalue weighted by Gasteiger charge is 2.24. The van der Waals surface area contributed by atoms with Gasteiger partial charge in [-0.1, -0.05) is 0 Å². The Morgan fingerprint density at radius 2 is 2.17 bits per heavy atom. The van der Waals surface area contributed by atoms with Crippen molar-refractivity contribution in [2.24, 2.45) is 0 Å². The van der Waals surface area contributed by atoms with E-state index in [1.807, 2.05) is 0 Å². The Morgan fingerprint density at radius 1 is 1.50 bits per heavy atom. The lowest BCUT2D eigenvalue weighted by Gasteiger charge is -2.25. The van der Waals surface area contributed by atoms with Crippen molar-refractivity contribution in [1.29, 1.82) is 0 Å². The summed E-state index contributed by atoms with van der Waals surface area (Å²) in [4.78, 5) is 28.5. The highest BCUT2D eigenvalue weighted by Crippen LogP contribution is 2.16. The number of amides is 1. The summed E-state index contributed by atoms with van der Waals surface area (Å²) >= 11 is 0. The molecule has 1 amide bonds. The monoisotopic (exact) mass is 252 g/mol. The van der Waals surface area contributed by atoms with Gasteiger partial charge >= 0.3 is 5.97 Å². The second-order valence-electron chi connectivity index (χ2n) is 3.97. The summed E-state index contributed by atoms with van der Waals surface area (Å²) < 4.78 is 4.53. The molecular formula is C12H16N2O4. The molecule has 0 unspecified atom stereocenters. The zero-order valence-electron chi connectivity index (χ0n) is 10.6. The lowest BCUT2D eigenvalue weighted by Crippen LogP contribution is -2.41. The maximum atomic E-state index is 12.2. The molecule has 0 aliphatic carbocycles. The average molecular weight is 252 g/mol. The number of ether oxygens (including phenoxy) is 1. The largest absolute Gasteiger partial charge is 0.505 e. The predicted molar refractivity (Wildman–Crippen MR) is 64.1 cm³/mol. The van der Waals surface area contributed by atoms with Gasteiger partial charge in [0.05, 0.1) is 7.11 Å². The Morgan fingerprint density at radius 3 is 2.67 bits per heavy atom. The first-order chi connectivity index (χ1) is 8.47. The van der Waals surface area contributed by atoms with Crippen LogP contribution in [0.3, 0.4) is 0 Å². The van der Waals surface area contributed by atoms with E-state index in [4.69, 9.17) is 0 Å². The number of aromatic hydroxyl groups is 1. The summed E-state index contributed by atoms with van der Waals surface area (Å²) in [5, 5.41) is 9.58. The van der Waals surface area contributed by atoms with Crippen molar-refractivity contribution in [2.45, 2.75) is 19.9 Å². The fourth-order valence-corrected chi connectivity index (χ4v) is 1.39. The van der Waals surface area contributed by atoms with E-state index < -0.39 is 11.9 Å². The lowest BCUT2D eigenvalue weighted by molar-refractivity contribution is -0.141. The molecule has 98 valence electrons. The van der Waals surface area contributed by atoms with Crippen molar-refractivity contribution >= 4 is 11.9 Å². The number of aromatic nitrogens is 1. The van der Waals surface area contributed by atoms with Gasteiger partial charge in [0, 0.05) is 12.2 Å². The Hall–Kier alpha value is -2.11. The van der Waals surface area contributed by atoms with Gasteiger partial charge in [-0.05, 0) is 26.0 Å². The normalized spacial score (nSPS) is 10.2. The number of methoxy groups -OCH3 is 1. The summed E-state index contributed by atoms with van der Waals surface area (Å²) in [5.41, 5.74) is -0.0740. The number of rotatable bonds is 4. The second-order valence-corrected chi connectivity index (χ2v) is 3.97. The molecule has 0 saturated carbocycles. The molecule has 1 aromatic heterocycles. The van der Waals surface area contributed by atoms with Gasteiger partial charge in [-0.2, -0.15) is 0 Å². The molecule has 0 aliphatic rings. The molecule has 1 heterocycles. The van der Waals surface area contributed by atoms with Crippen molar-refractivity contribution in [2.75, 3.05) is 13.7 Å². The summed E-state index contributed by atoms with van der Waals surface area (Å²) in [7, 11) is 1.25. The van der Waals surface area contributed by atoms with Gasteiger partial charge < -0.3 is 14.7 Å². The van der Waals surface area contributed by atoms with E-state index >= 15 is 0 Å². The number of nitrogens with zero attached hydrogens (tertiary/aromatic N) is 2. The van der Waals surface area contributed by atoms with Gasteiger partial charge in [-0.15, -0.1) is 0 Å². The Balaban J connectivity index is 2.97. The van der Waals surface area contributed by atoms with E-state index in [0.29, 0.717) is 0 Å². The first-order valence-electron chi connectivity index (χ1n) is 5.49. The highest BCUT2D eigenvalue weighted by molar-refractivity contribution is 5.96. The fourth-order valence-electron chi connectivity index (χ4n) is 1.39. The minimum Gasteiger partial charge on any atom is -0.505 e. The highest BCUT2D eigenvalue weighted by atomic mass is 16.5. The number of hydrogen-bond donors (Lipinski definition) is 1. The number of pyridine rings is 1. The number of carbonyl (C=O) groups is 2. The van der Waals surface area contributed by atoms with Crippen LogP contribution in [0.4, 0.5) is 0 Å². The molecule has 18 heavy (non-hydrogen) atoms. The van der Waals surface area contributed by atoms with Crippen molar-refractivity contribution in [3.63, 3.8) is 0 Å². The lowest BCUT2D eigenvalue weighted by atomic mass is 10.2. The third kappa shape index (κ3) is 3.19. The second kappa shape index (κ2) is 6.00. The molecule has 1 aromatic rings. The van der Waals surface area contributed by atoms with Crippen LogP contribution in [0.25, 0.3) is 0 Å². The Kier molecular flexibility index (Phi) is 4.65. The van der Waals surface area contributed by atoms with Crippen LogP contribution < -0.4 is 0 Å². The maximum absolute atomic E-state index is 12.2. The molecule has 0 aliphatic heterocycles. The topological polar surface area (TPSA) is 79.7 Å². The van der Waals surface area contributed by atoms with Gasteiger partial charge in [0.2, 0.25) is 0 Å². The molecule has 0 aromatic carbocycles. The molecule has 0 bridgehead atoms. The van der Waals surface area contributed by atoms with Crippen LogP contribution in [-0.2, 0) is 9.53 Å². The van der Waals surface area contributed by atoms with Gasteiger partial charge in [0.25, 0.3) is 5.91 Å². The minimum absolute atomic E-state index is 0.0740. The third-order valence-corrected chi connectivity index (χ3v) is 2.40. The summed E-state index contributed by atoms with van der Waals surface area (Å²) in [6.45, 7) is 3.35. The Labute approximate surface area is 105 Å². The molecule has 0 radical (unpaired) electrons. The third-order valence-electron chi connectivity index (χ3n) is 2.40.